The lowest BCUT2D eigenvalue weighted by atomic mass is 10.1. The number of fused-ring (bicyclic) bond motifs is 2. The molecule has 2 saturated heterocycles. The van der Waals surface area contributed by atoms with Crippen LogP contribution >= 0.6 is 46.2 Å². The Bertz CT molecular complexity index is 2030. The summed E-state index contributed by atoms with van der Waals surface area (Å²) in [4.78, 5) is 71.5. The van der Waals surface area contributed by atoms with Crippen LogP contribution in [-0.4, -0.2) is 119 Å². The zero-order chi connectivity index (χ0) is 38.3. The number of nitrogens with one attached hydrogen (secondary N) is 4. The molecular weight excluding hydrogens is 777 g/mol. The number of amides is 4. The Labute approximate surface area is 326 Å². The van der Waals surface area contributed by atoms with Crippen molar-refractivity contribution in [2.75, 3.05) is 53.0 Å². The lowest BCUT2D eigenvalue weighted by Crippen LogP contribution is -2.46. The number of carbonyl (C=O) groups excluding carboxylic acids is 4. The molecule has 4 amide bonds. The van der Waals surface area contributed by atoms with Crippen molar-refractivity contribution in [3.8, 4) is 32.6 Å². The number of alkyl carbamates (subject to hydrolysis) is 2. The second-order valence-electron chi connectivity index (χ2n) is 12.3. The third-order valence-corrected chi connectivity index (χ3v) is 13.8. The van der Waals surface area contributed by atoms with Gasteiger partial charge in [-0.25, -0.2) is 19.6 Å². The maximum absolute atomic E-state index is 13.2. The molecular formula is C34H38N8O8S4. The summed E-state index contributed by atoms with van der Waals surface area (Å²) in [5, 5.41) is 6.19. The van der Waals surface area contributed by atoms with Gasteiger partial charge in [0.2, 0.25) is 11.8 Å². The quantitative estimate of drug-likeness (QED) is 0.138. The third kappa shape index (κ3) is 6.90. The molecule has 2 fully saturated rings. The van der Waals surface area contributed by atoms with Crippen LogP contribution in [0.1, 0.15) is 36.2 Å². The summed E-state index contributed by atoms with van der Waals surface area (Å²) in [5.41, 5.74) is 1.44. The molecule has 16 nitrogen and oxygen atoms in total. The van der Waals surface area contributed by atoms with E-state index in [1.54, 1.807) is 61.4 Å². The minimum atomic E-state index is -0.750. The molecule has 0 spiro atoms. The first kappa shape index (κ1) is 37.6. The van der Waals surface area contributed by atoms with Crippen LogP contribution in [0.5, 0.6) is 11.5 Å². The lowest BCUT2D eigenvalue weighted by Gasteiger charge is -2.25. The molecule has 4 atom stereocenters. The average molecular weight is 815 g/mol. The first-order valence-corrected chi connectivity index (χ1v) is 20.5. The van der Waals surface area contributed by atoms with Gasteiger partial charge in [-0.05, 0) is 26.0 Å². The van der Waals surface area contributed by atoms with Gasteiger partial charge in [-0.15, -0.1) is 46.2 Å². The van der Waals surface area contributed by atoms with Gasteiger partial charge in [-0.2, -0.15) is 0 Å². The first-order chi connectivity index (χ1) is 26.1. The highest BCUT2D eigenvalue weighted by atomic mass is 32.2. The minimum absolute atomic E-state index is 0.218. The van der Waals surface area contributed by atoms with Crippen LogP contribution in [-0.2, 0) is 19.1 Å². The minimum Gasteiger partial charge on any atom is -0.495 e. The van der Waals surface area contributed by atoms with Crippen LogP contribution < -0.4 is 20.1 Å². The van der Waals surface area contributed by atoms with Gasteiger partial charge in [0.15, 0.2) is 0 Å². The first-order valence-electron chi connectivity index (χ1n) is 16.8. The van der Waals surface area contributed by atoms with Crippen molar-refractivity contribution in [1.82, 2.24) is 40.4 Å². The van der Waals surface area contributed by atoms with Crippen molar-refractivity contribution in [1.29, 1.82) is 0 Å². The number of carbonyl (C=O) groups is 4. The van der Waals surface area contributed by atoms with Gasteiger partial charge >= 0.3 is 12.2 Å². The Hall–Kier alpha value is -4.66. The van der Waals surface area contributed by atoms with Crippen molar-refractivity contribution < 1.29 is 38.1 Å². The number of hydrogen-bond acceptors (Lipinski definition) is 14. The van der Waals surface area contributed by atoms with E-state index in [0.29, 0.717) is 36.2 Å². The molecule has 2 aliphatic heterocycles. The lowest BCUT2D eigenvalue weighted by molar-refractivity contribution is -0.133. The maximum Gasteiger partial charge on any atom is 0.407 e. The molecule has 5 aromatic rings. The Morgan fingerprint density at radius 1 is 0.722 bits per heavy atom. The largest absolute Gasteiger partial charge is 0.495 e. The van der Waals surface area contributed by atoms with Crippen LogP contribution in [0.25, 0.3) is 41.3 Å². The second-order valence-corrected chi connectivity index (χ2v) is 16.8. The number of imidazole rings is 2. The average Bonchev–Trinajstić information content (AvgIpc) is 4.02. The van der Waals surface area contributed by atoms with Gasteiger partial charge in [0.05, 0.1) is 59.0 Å². The molecule has 2 unspecified atom stereocenters. The van der Waals surface area contributed by atoms with Gasteiger partial charge in [0, 0.05) is 47.8 Å². The zero-order valence-corrected chi connectivity index (χ0v) is 33.4. The Kier molecular flexibility index (Phi) is 10.9. The van der Waals surface area contributed by atoms with Crippen LogP contribution in [0.15, 0.2) is 24.5 Å². The number of aromatic amines is 2. The molecule has 4 N–H and O–H groups in total. The van der Waals surface area contributed by atoms with E-state index in [9.17, 15) is 19.2 Å². The van der Waals surface area contributed by atoms with E-state index in [1.807, 2.05) is 24.5 Å². The summed E-state index contributed by atoms with van der Waals surface area (Å²) in [7, 11) is 5.81. The van der Waals surface area contributed by atoms with E-state index in [0.717, 1.165) is 52.8 Å². The van der Waals surface area contributed by atoms with E-state index in [4.69, 9.17) is 19.4 Å². The summed E-state index contributed by atoms with van der Waals surface area (Å²) in [6.07, 6.45) is 2.34. The van der Waals surface area contributed by atoms with E-state index >= 15 is 0 Å². The number of benzene rings is 1. The predicted octanol–water partition coefficient (Wildman–Crippen LogP) is 5.55. The molecule has 6 heterocycles. The van der Waals surface area contributed by atoms with Gasteiger partial charge < -0.3 is 49.3 Å². The highest BCUT2D eigenvalue weighted by molar-refractivity contribution is 8.00. The summed E-state index contributed by atoms with van der Waals surface area (Å²) in [6.45, 7) is 4.32. The normalized spacial score (nSPS) is 18.2. The molecule has 20 heteroatoms. The number of nitrogens with zero attached hydrogens (tertiary/aromatic N) is 4. The highest BCUT2D eigenvalue weighted by Crippen LogP contribution is 2.52. The van der Waals surface area contributed by atoms with Crippen LogP contribution in [0.4, 0.5) is 9.59 Å². The molecule has 2 aliphatic rings. The van der Waals surface area contributed by atoms with Crippen molar-refractivity contribution in [3.05, 3.63) is 36.2 Å². The van der Waals surface area contributed by atoms with E-state index < -0.39 is 24.3 Å². The molecule has 0 saturated carbocycles. The van der Waals surface area contributed by atoms with Gasteiger partial charge in [-0.1, -0.05) is 0 Å². The predicted molar refractivity (Wildman–Crippen MR) is 209 cm³/mol. The molecule has 286 valence electrons. The number of H-pyrrole nitrogens is 2. The standard InChI is InChI=1S/C34H38N8O8S4/c1-15(37-33(45)49-5)29(43)41-7-9-51-31(41)27-35-13-19(39-27)21-11-17-23(47-3)26-18(24(48-4)25(17)53-21)12-22(54-26)20-14-36-28(40-20)32-42(8-10-52-32)30(44)16(2)38-34(46)50-6/h11-16,31-32H,7-10H2,1-6H3,(H,35,39)(H,36,40)(H,37,45)(H,38,46)/t15?,16?,31-,32-/m0/s1. The highest BCUT2D eigenvalue weighted by Gasteiger charge is 2.37. The van der Waals surface area contributed by atoms with Crippen molar-refractivity contribution in [3.63, 3.8) is 0 Å². The molecule has 4 aromatic heterocycles. The summed E-state index contributed by atoms with van der Waals surface area (Å²) < 4.78 is 23.2. The van der Waals surface area contributed by atoms with Crippen LogP contribution in [0, 0.1) is 0 Å². The molecule has 54 heavy (non-hydrogen) atoms. The van der Waals surface area contributed by atoms with E-state index in [2.05, 4.69) is 30.1 Å². The second kappa shape index (κ2) is 15.6. The van der Waals surface area contributed by atoms with Crippen LogP contribution in [0.2, 0.25) is 0 Å². The van der Waals surface area contributed by atoms with Gasteiger partial charge in [0.25, 0.3) is 0 Å². The molecule has 0 aliphatic carbocycles. The number of thioether (sulfide) groups is 2. The van der Waals surface area contributed by atoms with Gasteiger partial charge in [0.1, 0.15) is 46.0 Å². The summed E-state index contributed by atoms with van der Waals surface area (Å²) in [5.74, 6) is 3.73. The molecule has 7 rings (SSSR count). The van der Waals surface area contributed by atoms with E-state index in [-0.39, 0.29) is 22.6 Å². The Morgan fingerprint density at radius 3 is 1.50 bits per heavy atom. The maximum atomic E-state index is 13.2. The van der Waals surface area contributed by atoms with Gasteiger partial charge in [-0.3, -0.25) is 9.59 Å². The number of ether oxygens (including phenoxy) is 4. The van der Waals surface area contributed by atoms with Crippen molar-refractivity contribution >= 4 is 90.4 Å². The fraction of sp³-hybridized carbons (Fsp3) is 0.412. The topological polar surface area (TPSA) is 193 Å². The smallest absolute Gasteiger partial charge is 0.407 e. The number of hydrogen-bond donors (Lipinski definition) is 4. The molecule has 0 radical (unpaired) electrons. The third-order valence-electron chi connectivity index (χ3n) is 9.07. The number of methoxy groups -OCH3 is 4. The number of rotatable bonds is 10. The number of aromatic nitrogens is 4. The number of thiophene rings is 2. The fourth-order valence-corrected chi connectivity index (χ4v) is 11.2. The SMILES string of the molecule is COC(=O)NC(C)C(=O)N1CCS[C@H]1c1nc(-c2cc3c(OC)c4sc(-c5c[nH]c([C@@H]6SCCN6C(=O)C(C)NC(=O)OC)n5)cc4c(OC)c3s2)c[nH]1. The zero-order valence-electron chi connectivity index (χ0n) is 30.1. The Balaban J connectivity index is 1.16. The molecule has 1 aromatic carbocycles. The fourth-order valence-electron chi connectivity index (χ4n) is 6.47. The Morgan fingerprint density at radius 2 is 1.13 bits per heavy atom. The van der Waals surface area contributed by atoms with Crippen molar-refractivity contribution in [2.24, 2.45) is 0 Å². The molecule has 0 bridgehead atoms. The monoisotopic (exact) mass is 814 g/mol. The van der Waals surface area contributed by atoms with Crippen LogP contribution in [0.3, 0.4) is 0 Å². The summed E-state index contributed by atoms with van der Waals surface area (Å²) in [6, 6.07) is 2.58. The van der Waals surface area contributed by atoms with Crippen molar-refractivity contribution in [2.45, 2.75) is 36.7 Å². The summed E-state index contributed by atoms with van der Waals surface area (Å²) >= 11 is 6.27. The van der Waals surface area contributed by atoms with E-state index in [1.165, 1.54) is 36.9 Å².